The molecule has 0 fully saturated rings. The van der Waals surface area contributed by atoms with Gasteiger partial charge in [-0.1, -0.05) is 12.1 Å². The van der Waals surface area contributed by atoms with Gasteiger partial charge in [0, 0.05) is 17.3 Å². The Labute approximate surface area is 163 Å². The van der Waals surface area contributed by atoms with Gasteiger partial charge in [-0.3, -0.25) is 4.79 Å². The molecule has 0 spiro atoms. The molecule has 0 saturated heterocycles. The number of rotatable bonds is 4. The zero-order chi connectivity index (χ0) is 21.2. The SMILES string of the molecule is Cc1cc(C(=O)Nc2cccc(Oc3cccc(C(F)(F)F)c3)c2)c(N)nc1F. The standard InChI is InChI=1S/C20H15F4N3O2/c1-11-8-16(18(25)27-17(11)21)19(28)26-13-5-3-7-15(10-13)29-14-6-2-4-12(9-14)20(22,23)24/h2-10H,1H3,(H2,25,27)(H,26,28). The Hall–Kier alpha value is -3.62. The van der Waals surface area contributed by atoms with Gasteiger partial charge in [-0.25, -0.2) is 4.98 Å². The van der Waals surface area contributed by atoms with Crippen molar-refractivity contribution in [1.29, 1.82) is 0 Å². The number of alkyl halides is 3. The number of hydrogen-bond acceptors (Lipinski definition) is 4. The lowest BCUT2D eigenvalue weighted by Gasteiger charge is -2.12. The highest BCUT2D eigenvalue weighted by atomic mass is 19.4. The average Bonchev–Trinajstić information content (AvgIpc) is 2.64. The first-order chi connectivity index (χ1) is 13.6. The number of pyridine rings is 1. The number of benzene rings is 2. The molecule has 0 saturated carbocycles. The van der Waals surface area contributed by atoms with Crippen LogP contribution < -0.4 is 15.8 Å². The van der Waals surface area contributed by atoms with Gasteiger partial charge < -0.3 is 15.8 Å². The quantitative estimate of drug-likeness (QED) is 0.464. The van der Waals surface area contributed by atoms with E-state index < -0.39 is 23.6 Å². The molecule has 9 heteroatoms. The summed E-state index contributed by atoms with van der Waals surface area (Å²) in [5, 5.41) is 2.57. The van der Waals surface area contributed by atoms with Crippen molar-refractivity contribution in [3.63, 3.8) is 0 Å². The number of nitrogens with one attached hydrogen (secondary N) is 1. The molecule has 0 aliphatic heterocycles. The van der Waals surface area contributed by atoms with Crippen LogP contribution in [-0.4, -0.2) is 10.9 Å². The van der Waals surface area contributed by atoms with Gasteiger partial charge in [-0.15, -0.1) is 0 Å². The van der Waals surface area contributed by atoms with Crippen LogP contribution in [0.3, 0.4) is 0 Å². The van der Waals surface area contributed by atoms with Gasteiger partial charge in [-0.05, 0) is 43.3 Å². The monoisotopic (exact) mass is 405 g/mol. The number of aryl methyl sites for hydroxylation is 1. The Bertz CT molecular complexity index is 1070. The number of ether oxygens (including phenoxy) is 1. The molecule has 0 aliphatic rings. The first-order valence-electron chi connectivity index (χ1n) is 8.32. The van der Waals surface area contributed by atoms with E-state index in [1.165, 1.54) is 37.3 Å². The van der Waals surface area contributed by atoms with E-state index in [1.54, 1.807) is 12.1 Å². The van der Waals surface area contributed by atoms with Crippen molar-refractivity contribution in [2.24, 2.45) is 0 Å². The second-order valence-corrected chi connectivity index (χ2v) is 6.14. The molecule has 5 nitrogen and oxygen atoms in total. The number of hydrogen-bond donors (Lipinski definition) is 2. The minimum Gasteiger partial charge on any atom is -0.457 e. The van der Waals surface area contributed by atoms with Gasteiger partial charge in [-0.2, -0.15) is 17.6 Å². The van der Waals surface area contributed by atoms with Crippen molar-refractivity contribution in [3.8, 4) is 11.5 Å². The number of carbonyl (C=O) groups excluding carboxylic acids is 1. The van der Waals surface area contributed by atoms with E-state index in [2.05, 4.69) is 10.3 Å². The molecule has 0 radical (unpaired) electrons. The molecule has 150 valence electrons. The molecule has 3 aromatic rings. The number of aromatic nitrogens is 1. The fourth-order valence-electron chi connectivity index (χ4n) is 2.49. The summed E-state index contributed by atoms with van der Waals surface area (Å²) in [6.45, 7) is 1.45. The maximum atomic E-state index is 13.4. The van der Waals surface area contributed by atoms with Gasteiger partial charge in [0.25, 0.3) is 5.91 Å². The van der Waals surface area contributed by atoms with Gasteiger partial charge in [0.15, 0.2) is 0 Å². The molecule has 0 unspecified atom stereocenters. The molecular weight excluding hydrogens is 390 g/mol. The summed E-state index contributed by atoms with van der Waals surface area (Å²) in [6.07, 6.45) is -4.49. The Kier molecular flexibility index (Phi) is 5.40. The summed E-state index contributed by atoms with van der Waals surface area (Å²) in [6, 6.07) is 11.8. The highest BCUT2D eigenvalue weighted by Crippen LogP contribution is 2.33. The first kappa shape index (κ1) is 20.1. The van der Waals surface area contributed by atoms with E-state index in [9.17, 15) is 22.4 Å². The summed E-state index contributed by atoms with van der Waals surface area (Å²) in [4.78, 5) is 15.9. The van der Waals surface area contributed by atoms with Crippen LogP contribution in [0.1, 0.15) is 21.5 Å². The number of nitrogens with zero attached hydrogens (tertiary/aromatic N) is 1. The maximum absolute atomic E-state index is 13.4. The number of amides is 1. The third-order valence-electron chi connectivity index (χ3n) is 3.91. The van der Waals surface area contributed by atoms with Crippen molar-refractivity contribution >= 4 is 17.4 Å². The molecule has 1 amide bonds. The van der Waals surface area contributed by atoms with Crippen LogP contribution in [0, 0.1) is 12.9 Å². The normalized spacial score (nSPS) is 11.2. The molecule has 3 rings (SSSR count). The second-order valence-electron chi connectivity index (χ2n) is 6.14. The number of nitrogen functional groups attached to an aromatic ring is 1. The van der Waals surface area contributed by atoms with Crippen molar-refractivity contribution in [2.45, 2.75) is 13.1 Å². The molecule has 0 atom stereocenters. The van der Waals surface area contributed by atoms with Crippen LogP contribution in [0.15, 0.2) is 54.6 Å². The molecular formula is C20H15F4N3O2. The average molecular weight is 405 g/mol. The smallest absolute Gasteiger partial charge is 0.416 e. The van der Waals surface area contributed by atoms with Crippen LogP contribution >= 0.6 is 0 Å². The van der Waals surface area contributed by atoms with Crippen LogP contribution in [-0.2, 0) is 6.18 Å². The van der Waals surface area contributed by atoms with E-state index in [-0.39, 0.29) is 28.4 Å². The van der Waals surface area contributed by atoms with Gasteiger partial charge in [0.1, 0.15) is 17.3 Å². The van der Waals surface area contributed by atoms with Gasteiger partial charge >= 0.3 is 6.18 Å². The van der Waals surface area contributed by atoms with Gasteiger partial charge in [0.05, 0.1) is 11.1 Å². The summed E-state index contributed by atoms with van der Waals surface area (Å²) in [5.74, 6) is -1.44. The minimum absolute atomic E-state index is 0.00639. The fraction of sp³-hybridized carbons (Fsp3) is 0.100. The summed E-state index contributed by atoms with van der Waals surface area (Å²) >= 11 is 0. The van der Waals surface area contributed by atoms with E-state index in [0.717, 1.165) is 12.1 Å². The Morgan fingerprint density at radius 3 is 2.41 bits per heavy atom. The summed E-state index contributed by atoms with van der Waals surface area (Å²) in [7, 11) is 0. The van der Waals surface area contributed by atoms with E-state index in [4.69, 9.17) is 10.5 Å². The summed E-state index contributed by atoms with van der Waals surface area (Å²) < 4.78 is 57.3. The van der Waals surface area contributed by atoms with E-state index in [1.807, 2.05) is 0 Å². The fourth-order valence-corrected chi connectivity index (χ4v) is 2.49. The Balaban J connectivity index is 1.78. The van der Waals surface area contributed by atoms with Crippen LogP contribution in [0.4, 0.5) is 29.1 Å². The lowest BCUT2D eigenvalue weighted by molar-refractivity contribution is -0.137. The predicted octanol–water partition coefficient (Wildman–Crippen LogP) is 5.17. The first-order valence-corrected chi connectivity index (χ1v) is 8.32. The van der Waals surface area contributed by atoms with Crippen LogP contribution in [0.2, 0.25) is 0 Å². The Morgan fingerprint density at radius 1 is 1.07 bits per heavy atom. The highest BCUT2D eigenvalue weighted by Gasteiger charge is 2.30. The maximum Gasteiger partial charge on any atom is 0.416 e. The highest BCUT2D eigenvalue weighted by molar-refractivity contribution is 6.07. The predicted molar refractivity (Wildman–Crippen MR) is 99.3 cm³/mol. The van der Waals surface area contributed by atoms with Crippen LogP contribution in [0.25, 0.3) is 0 Å². The third-order valence-corrected chi connectivity index (χ3v) is 3.91. The zero-order valence-corrected chi connectivity index (χ0v) is 15.0. The zero-order valence-electron chi connectivity index (χ0n) is 15.0. The lowest BCUT2D eigenvalue weighted by Crippen LogP contribution is -2.16. The summed E-state index contributed by atoms with van der Waals surface area (Å²) in [5.41, 5.74) is 5.22. The molecule has 1 aromatic heterocycles. The Morgan fingerprint density at radius 2 is 1.72 bits per heavy atom. The molecule has 3 N–H and O–H groups in total. The topological polar surface area (TPSA) is 77.2 Å². The van der Waals surface area contributed by atoms with Crippen molar-refractivity contribution in [1.82, 2.24) is 4.98 Å². The number of nitrogens with two attached hydrogens (primary N) is 1. The number of carbonyl (C=O) groups is 1. The number of anilines is 2. The molecule has 29 heavy (non-hydrogen) atoms. The van der Waals surface area contributed by atoms with E-state index >= 15 is 0 Å². The largest absolute Gasteiger partial charge is 0.457 e. The van der Waals surface area contributed by atoms with Crippen molar-refractivity contribution in [2.75, 3.05) is 11.1 Å². The third kappa shape index (κ3) is 4.81. The van der Waals surface area contributed by atoms with Crippen LogP contribution in [0.5, 0.6) is 11.5 Å². The molecule has 0 aliphatic carbocycles. The second kappa shape index (κ2) is 7.78. The molecule has 0 bridgehead atoms. The lowest BCUT2D eigenvalue weighted by atomic mass is 10.1. The molecule has 2 aromatic carbocycles. The number of halogens is 4. The molecule has 1 heterocycles. The minimum atomic E-state index is -4.49. The van der Waals surface area contributed by atoms with Crippen molar-refractivity contribution < 1.29 is 27.1 Å². The van der Waals surface area contributed by atoms with Crippen molar-refractivity contribution in [3.05, 3.63) is 77.2 Å². The van der Waals surface area contributed by atoms with E-state index in [0.29, 0.717) is 5.69 Å². The van der Waals surface area contributed by atoms with Gasteiger partial charge in [0.2, 0.25) is 5.95 Å².